The highest BCUT2D eigenvalue weighted by Gasteiger charge is 2.39. The highest BCUT2D eigenvalue weighted by atomic mass is 15.1. The Kier molecular flexibility index (Phi) is 5.59. The Hall–Kier alpha value is -4.88. The maximum Gasteiger partial charge on any atom is 0.0493 e. The normalized spacial score (nSPS) is 13.4. The van der Waals surface area contributed by atoms with E-state index in [4.69, 9.17) is 0 Å². The van der Waals surface area contributed by atoms with Gasteiger partial charge in [-0.2, -0.15) is 0 Å². The monoisotopic (exact) mass is 553 g/mol. The smallest absolute Gasteiger partial charge is 0.0493 e. The third kappa shape index (κ3) is 3.78. The summed E-state index contributed by atoms with van der Waals surface area (Å²) in [6, 6.07) is 45.3. The summed E-state index contributed by atoms with van der Waals surface area (Å²) in [6.07, 6.45) is 0. The Labute approximate surface area is 254 Å². The van der Waals surface area contributed by atoms with Gasteiger partial charge >= 0.3 is 0 Å². The van der Waals surface area contributed by atoms with E-state index in [1.807, 2.05) is 0 Å². The highest BCUT2D eigenvalue weighted by molar-refractivity contribution is 6.19. The van der Waals surface area contributed by atoms with Crippen molar-refractivity contribution < 1.29 is 0 Å². The minimum absolute atomic E-state index is 0.140. The lowest BCUT2D eigenvalue weighted by molar-refractivity contribution is 0.672. The van der Waals surface area contributed by atoms with E-state index in [0.717, 1.165) is 0 Å². The van der Waals surface area contributed by atoms with Crippen LogP contribution in [-0.2, 0) is 5.41 Å². The molecule has 0 unspecified atom stereocenters. The maximum absolute atomic E-state index is 2.42. The van der Waals surface area contributed by atoms with Crippen LogP contribution >= 0.6 is 0 Å². The minimum atomic E-state index is -0.140. The first-order valence-corrected chi connectivity index (χ1v) is 15.3. The van der Waals surface area contributed by atoms with Crippen molar-refractivity contribution >= 4 is 49.4 Å². The van der Waals surface area contributed by atoms with Gasteiger partial charge in [-0.3, -0.25) is 0 Å². The number of anilines is 3. The molecule has 1 aliphatic carbocycles. The zero-order chi connectivity index (χ0) is 29.5. The SMILES string of the molecule is Cc1ccc(N(c2ccc3c4c(ccc3c2)-c2c(c3ccccc3c3ccccc23)C4(C)C)c2cc(C)ccc2C)cc1. The summed E-state index contributed by atoms with van der Waals surface area (Å²) in [5, 5.41) is 7.99. The van der Waals surface area contributed by atoms with Crippen LogP contribution in [0.1, 0.15) is 41.7 Å². The van der Waals surface area contributed by atoms with Gasteiger partial charge in [-0.1, -0.05) is 110 Å². The zero-order valence-corrected chi connectivity index (χ0v) is 25.5. The predicted octanol–water partition coefficient (Wildman–Crippen LogP) is 11.8. The van der Waals surface area contributed by atoms with Crippen LogP contribution in [0.3, 0.4) is 0 Å². The molecule has 0 aliphatic heterocycles. The summed E-state index contributed by atoms with van der Waals surface area (Å²) in [4.78, 5) is 2.41. The molecule has 0 heterocycles. The van der Waals surface area contributed by atoms with Crippen molar-refractivity contribution in [3.8, 4) is 11.1 Å². The second kappa shape index (κ2) is 9.31. The first kappa shape index (κ1) is 25.8. The fourth-order valence-electron chi connectivity index (χ4n) is 7.61. The van der Waals surface area contributed by atoms with Crippen molar-refractivity contribution in [3.05, 3.63) is 149 Å². The molecule has 0 bridgehead atoms. The van der Waals surface area contributed by atoms with Crippen LogP contribution in [0.4, 0.5) is 17.1 Å². The van der Waals surface area contributed by atoms with Gasteiger partial charge in [0, 0.05) is 22.5 Å². The Balaban J connectivity index is 1.38. The molecule has 43 heavy (non-hydrogen) atoms. The van der Waals surface area contributed by atoms with Crippen LogP contribution in [0.25, 0.3) is 43.4 Å². The second-order valence-corrected chi connectivity index (χ2v) is 12.8. The molecule has 1 nitrogen and oxygen atoms in total. The number of hydrogen-bond acceptors (Lipinski definition) is 1. The van der Waals surface area contributed by atoms with Gasteiger partial charge in [0.15, 0.2) is 0 Å². The first-order chi connectivity index (χ1) is 20.8. The summed E-state index contributed by atoms with van der Waals surface area (Å²) >= 11 is 0. The van der Waals surface area contributed by atoms with Gasteiger partial charge in [0.25, 0.3) is 0 Å². The lowest BCUT2D eigenvalue weighted by Crippen LogP contribution is -2.16. The van der Waals surface area contributed by atoms with Crippen molar-refractivity contribution in [2.75, 3.05) is 4.90 Å². The molecule has 7 aromatic carbocycles. The number of nitrogens with zero attached hydrogens (tertiary/aromatic N) is 1. The van der Waals surface area contributed by atoms with Crippen LogP contribution < -0.4 is 4.90 Å². The molecule has 0 radical (unpaired) electrons. The topological polar surface area (TPSA) is 3.24 Å². The van der Waals surface area contributed by atoms with Crippen LogP contribution in [-0.4, -0.2) is 0 Å². The Bertz CT molecular complexity index is 2230. The molecular weight excluding hydrogens is 518 g/mol. The molecule has 0 aromatic heterocycles. The molecular formula is C42H35N. The van der Waals surface area contributed by atoms with E-state index in [0.29, 0.717) is 0 Å². The number of fused-ring (bicyclic) bond motifs is 10. The first-order valence-electron chi connectivity index (χ1n) is 15.3. The number of benzene rings is 7. The molecule has 0 atom stereocenters. The fraction of sp³-hybridized carbons (Fsp3) is 0.143. The summed E-state index contributed by atoms with van der Waals surface area (Å²) in [5.74, 6) is 0. The van der Waals surface area contributed by atoms with E-state index >= 15 is 0 Å². The fourth-order valence-corrected chi connectivity index (χ4v) is 7.61. The molecule has 0 saturated carbocycles. The lowest BCUT2D eigenvalue weighted by atomic mass is 9.78. The molecule has 0 fully saturated rings. The third-order valence-corrected chi connectivity index (χ3v) is 9.61. The summed E-state index contributed by atoms with van der Waals surface area (Å²) in [6.45, 7) is 11.4. The largest absolute Gasteiger partial charge is 0.310 e. The van der Waals surface area contributed by atoms with Gasteiger partial charge in [0.05, 0.1) is 0 Å². The Morgan fingerprint density at radius 1 is 0.488 bits per heavy atom. The van der Waals surface area contributed by atoms with Crippen LogP contribution in [0.2, 0.25) is 0 Å². The molecule has 1 heteroatoms. The molecule has 208 valence electrons. The maximum atomic E-state index is 2.42. The standard InChI is InChI=1S/C42H35N/c1-26-15-19-30(20-16-26)43(38-24-27(2)14-17-28(38)3)31-21-23-32-29(25-31)18-22-37-39-35-12-8-6-10-33(35)34-11-7-9-13-36(34)41(39)42(4,5)40(32)37/h6-25H,1-5H3. The van der Waals surface area contributed by atoms with Crippen LogP contribution in [0.15, 0.2) is 121 Å². The van der Waals surface area contributed by atoms with Gasteiger partial charge in [-0.05, 0) is 117 Å². The van der Waals surface area contributed by atoms with Crippen molar-refractivity contribution in [1.29, 1.82) is 0 Å². The van der Waals surface area contributed by atoms with Crippen LogP contribution in [0, 0.1) is 20.8 Å². The van der Waals surface area contributed by atoms with E-state index in [1.165, 1.54) is 88.3 Å². The van der Waals surface area contributed by atoms with Crippen molar-refractivity contribution in [2.24, 2.45) is 0 Å². The van der Waals surface area contributed by atoms with Crippen molar-refractivity contribution in [1.82, 2.24) is 0 Å². The predicted molar refractivity (Wildman–Crippen MR) is 185 cm³/mol. The van der Waals surface area contributed by atoms with E-state index in [1.54, 1.807) is 0 Å². The zero-order valence-electron chi connectivity index (χ0n) is 25.5. The Morgan fingerprint density at radius 2 is 1.12 bits per heavy atom. The molecule has 1 aliphatic rings. The quantitative estimate of drug-likeness (QED) is 0.197. The van der Waals surface area contributed by atoms with Gasteiger partial charge < -0.3 is 4.90 Å². The van der Waals surface area contributed by atoms with Gasteiger partial charge in [0.2, 0.25) is 0 Å². The molecule has 0 spiro atoms. The van der Waals surface area contributed by atoms with E-state index in [-0.39, 0.29) is 5.41 Å². The summed E-state index contributed by atoms with van der Waals surface area (Å²) in [7, 11) is 0. The number of aryl methyl sites for hydroxylation is 3. The molecule has 0 saturated heterocycles. The average Bonchev–Trinajstić information content (AvgIpc) is 3.27. The highest BCUT2D eigenvalue weighted by Crippen LogP contribution is 2.56. The third-order valence-electron chi connectivity index (χ3n) is 9.61. The van der Waals surface area contributed by atoms with Gasteiger partial charge in [-0.25, -0.2) is 0 Å². The second-order valence-electron chi connectivity index (χ2n) is 12.8. The molecule has 0 amide bonds. The molecule has 8 rings (SSSR count). The van der Waals surface area contributed by atoms with E-state index in [2.05, 4.69) is 161 Å². The summed E-state index contributed by atoms with van der Waals surface area (Å²) < 4.78 is 0. The van der Waals surface area contributed by atoms with Gasteiger partial charge in [-0.15, -0.1) is 0 Å². The molecule has 7 aromatic rings. The minimum Gasteiger partial charge on any atom is -0.310 e. The van der Waals surface area contributed by atoms with E-state index < -0.39 is 0 Å². The molecule has 0 N–H and O–H groups in total. The van der Waals surface area contributed by atoms with Gasteiger partial charge in [0.1, 0.15) is 0 Å². The van der Waals surface area contributed by atoms with E-state index in [9.17, 15) is 0 Å². The lowest BCUT2D eigenvalue weighted by Gasteiger charge is -2.29. The van der Waals surface area contributed by atoms with Crippen LogP contribution in [0.5, 0.6) is 0 Å². The number of rotatable bonds is 3. The average molecular weight is 554 g/mol. The summed E-state index contributed by atoms with van der Waals surface area (Å²) in [5.41, 5.74) is 12.9. The Morgan fingerprint density at radius 3 is 1.86 bits per heavy atom. The van der Waals surface area contributed by atoms with Crippen molar-refractivity contribution in [2.45, 2.75) is 40.0 Å². The van der Waals surface area contributed by atoms with Crippen molar-refractivity contribution in [3.63, 3.8) is 0 Å². The number of hydrogen-bond donors (Lipinski definition) is 0.